The highest BCUT2D eigenvalue weighted by Crippen LogP contribution is 2.54. The van der Waals surface area contributed by atoms with Crippen molar-refractivity contribution in [2.24, 2.45) is 11.8 Å². The molecule has 0 saturated heterocycles. The molecule has 0 unspecified atom stereocenters. The van der Waals surface area contributed by atoms with Crippen molar-refractivity contribution in [2.75, 3.05) is 13.2 Å². The van der Waals surface area contributed by atoms with Crippen molar-refractivity contribution in [2.45, 2.75) is 53.0 Å². The van der Waals surface area contributed by atoms with E-state index in [4.69, 9.17) is 9.47 Å². The fourth-order valence-electron chi connectivity index (χ4n) is 3.66. The molecule has 0 radical (unpaired) electrons. The van der Waals surface area contributed by atoms with Crippen LogP contribution in [0.25, 0.3) is 0 Å². The molecule has 6 heteroatoms. The summed E-state index contributed by atoms with van der Waals surface area (Å²) in [6, 6.07) is 0.255. The van der Waals surface area contributed by atoms with Gasteiger partial charge < -0.3 is 14.0 Å². The minimum Gasteiger partial charge on any atom is -0.461 e. The number of fused-ring (bicyclic) bond motifs is 3. The van der Waals surface area contributed by atoms with Crippen LogP contribution in [0.4, 0.5) is 0 Å². The highest BCUT2D eigenvalue weighted by molar-refractivity contribution is 6.41. The van der Waals surface area contributed by atoms with E-state index in [0.717, 1.165) is 25.0 Å². The van der Waals surface area contributed by atoms with Crippen LogP contribution in [0.3, 0.4) is 0 Å². The standard InChI is InChI=1S/C19H25NO5/c1-5-24-19(23)17(21)15-11(4)16(18(22)25-7-6-10(2)3)20-13-8-12(13)9-14(15)20/h10,12-13H,5-9H2,1-4H3/t12-,13-/m1/s1. The van der Waals surface area contributed by atoms with Gasteiger partial charge in [-0.05, 0) is 50.5 Å². The van der Waals surface area contributed by atoms with Gasteiger partial charge in [0.25, 0.3) is 5.78 Å². The molecule has 6 nitrogen and oxygen atoms in total. The summed E-state index contributed by atoms with van der Waals surface area (Å²) in [5.74, 6) is -1.02. The first kappa shape index (κ1) is 17.7. The Labute approximate surface area is 147 Å². The van der Waals surface area contributed by atoms with Crippen LogP contribution in [0.2, 0.25) is 0 Å². The van der Waals surface area contributed by atoms with E-state index in [9.17, 15) is 14.4 Å². The third-order valence-corrected chi connectivity index (χ3v) is 5.03. The number of carbonyl (C=O) groups excluding carboxylic acids is 3. The minimum atomic E-state index is -0.862. The summed E-state index contributed by atoms with van der Waals surface area (Å²) in [5.41, 5.74) is 2.08. The van der Waals surface area contributed by atoms with Crippen LogP contribution in [0, 0.1) is 18.8 Å². The lowest BCUT2D eigenvalue weighted by molar-refractivity contribution is -0.137. The smallest absolute Gasteiger partial charge is 0.379 e. The number of Topliss-reactive ketones (excluding diaryl/α,β-unsaturated/α-hetero) is 1. The van der Waals surface area contributed by atoms with Crippen LogP contribution in [-0.4, -0.2) is 35.5 Å². The van der Waals surface area contributed by atoms with Crippen LogP contribution in [0.5, 0.6) is 0 Å². The van der Waals surface area contributed by atoms with Gasteiger partial charge in [0.05, 0.1) is 18.8 Å². The molecule has 136 valence electrons. The van der Waals surface area contributed by atoms with Crippen molar-refractivity contribution in [3.63, 3.8) is 0 Å². The van der Waals surface area contributed by atoms with Crippen LogP contribution >= 0.6 is 0 Å². The number of rotatable bonds is 7. The number of aromatic nitrogens is 1. The monoisotopic (exact) mass is 347 g/mol. The Kier molecular flexibility index (Phi) is 4.71. The molecule has 1 fully saturated rings. The predicted molar refractivity (Wildman–Crippen MR) is 90.7 cm³/mol. The maximum absolute atomic E-state index is 12.6. The van der Waals surface area contributed by atoms with E-state index in [-0.39, 0.29) is 12.6 Å². The quantitative estimate of drug-likeness (QED) is 0.431. The summed E-state index contributed by atoms with van der Waals surface area (Å²) < 4.78 is 12.2. The minimum absolute atomic E-state index is 0.148. The zero-order valence-corrected chi connectivity index (χ0v) is 15.3. The second-order valence-electron chi connectivity index (χ2n) is 7.30. The highest BCUT2D eigenvalue weighted by Gasteiger charge is 2.50. The largest absolute Gasteiger partial charge is 0.461 e. The van der Waals surface area contributed by atoms with Gasteiger partial charge in [0.2, 0.25) is 0 Å². The molecule has 1 aromatic heterocycles. The first-order chi connectivity index (χ1) is 11.9. The number of hydrogen-bond donors (Lipinski definition) is 0. The second kappa shape index (κ2) is 6.65. The summed E-state index contributed by atoms with van der Waals surface area (Å²) in [7, 11) is 0. The van der Waals surface area contributed by atoms with Gasteiger partial charge in [0.15, 0.2) is 0 Å². The molecule has 1 aliphatic carbocycles. The van der Waals surface area contributed by atoms with Crippen LogP contribution in [0.15, 0.2) is 0 Å². The highest BCUT2D eigenvalue weighted by atomic mass is 16.5. The third kappa shape index (κ3) is 3.10. The molecule has 1 aliphatic heterocycles. The number of nitrogens with zero attached hydrogens (tertiary/aromatic N) is 1. The second-order valence-corrected chi connectivity index (χ2v) is 7.30. The van der Waals surface area contributed by atoms with E-state index >= 15 is 0 Å². The fourth-order valence-corrected chi connectivity index (χ4v) is 3.66. The Morgan fingerprint density at radius 3 is 2.60 bits per heavy atom. The Morgan fingerprint density at radius 2 is 1.96 bits per heavy atom. The lowest BCUT2D eigenvalue weighted by Crippen LogP contribution is -2.19. The maximum Gasteiger partial charge on any atom is 0.379 e. The summed E-state index contributed by atoms with van der Waals surface area (Å²) in [6.45, 7) is 8.02. The van der Waals surface area contributed by atoms with E-state index in [2.05, 4.69) is 13.8 Å². The molecular weight excluding hydrogens is 322 g/mol. The van der Waals surface area contributed by atoms with Gasteiger partial charge in [-0.1, -0.05) is 13.8 Å². The number of esters is 2. The Morgan fingerprint density at radius 1 is 1.24 bits per heavy atom. The number of ketones is 1. The molecule has 1 aromatic rings. The first-order valence-corrected chi connectivity index (χ1v) is 8.99. The van der Waals surface area contributed by atoms with Gasteiger partial charge in [0, 0.05) is 11.7 Å². The van der Waals surface area contributed by atoms with E-state index in [1.165, 1.54) is 0 Å². The van der Waals surface area contributed by atoms with Crippen molar-refractivity contribution in [3.05, 3.63) is 22.5 Å². The van der Waals surface area contributed by atoms with Crippen LogP contribution in [0.1, 0.15) is 71.8 Å². The molecule has 2 aliphatic rings. The van der Waals surface area contributed by atoms with Gasteiger partial charge >= 0.3 is 11.9 Å². The van der Waals surface area contributed by atoms with E-state index in [1.54, 1.807) is 13.8 Å². The number of ether oxygens (including phenoxy) is 2. The topological polar surface area (TPSA) is 74.6 Å². The number of hydrogen-bond acceptors (Lipinski definition) is 5. The Balaban J connectivity index is 1.92. The molecule has 0 bridgehead atoms. The summed E-state index contributed by atoms with van der Waals surface area (Å²) in [4.78, 5) is 37.1. The molecule has 0 spiro atoms. The molecule has 3 rings (SSSR count). The maximum atomic E-state index is 12.6. The molecule has 1 saturated carbocycles. The van der Waals surface area contributed by atoms with Gasteiger partial charge in [-0.25, -0.2) is 9.59 Å². The van der Waals surface area contributed by atoms with Crippen molar-refractivity contribution in [1.29, 1.82) is 0 Å². The molecule has 2 heterocycles. The molecule has 25 heavy (non-hydrogen) atoms. The zero-order valence-electron chi connectivity index (χ0n) is 15.3. The third-order valence-electron chi connectivity index (χ3n) is 5.03. The Hall–Kier alpha value is -2.11. The lowest BCUT2D eigenvalue weighted by atomic mass is 10.0. The van der Waals surface area contributed by atoms with Crippen molar-refractivity contribution < 1.29 is 23.9 Å². The first-order valence-electron chi connectivity index (χ1n) is 8.99. The van der Waals surface area contributed by atoms with Crippen LogP contribution in [-0.2, 0) is 20.7 Å². The van der Waals surface area contributed by atoms with Gasteiger partial charge in [-0.2, -0.15) is 0 Å². The average molecular weight is 347 g/mol. The zero-order chi connectivity index (χ0) is 18.3. The molecule has 0 amide bonds. The van der Waals surface area contributed by atoms with Gasteiger partial charge in [0.1, 0.15) is 5.69 Å². The molecule has 0 aromatic carbocycles. The van der Waals surface area contributed by atoms with Crippen molar-refractivity contribution in [3.8, 4) is 0 Å². The summed E-state index contributed by atoms with van der Waals surface area (Å²) in [5, 5.41) is 0. The van der Waals surface area contributed by atoms with Crippen LogP contribution < -0.4 is 0 Å². The Bertz CT molecular complexity index is 731. The average Bonchev–Trinajstić information content (AvgIpc) is 3.12. The van der Waals surface area contributed by atoms with E-state index in [1.807, 2.05) is 4.57 Å². The summed E-state index contributed by atoms with van der Waals surface area (Å²) in [6.07, 6.45) is 2.53. The van der Waals surface area contributed by atoms with Gasteiger partial charge in [-0.15, -0.1) is 0 Å². The lowest BCUT2D eigenvalue weighted by Gasteiger charge is -2.10. The molecule has 2 atom stereocenters. The van der Waals surface area contributed by atoms with E-state index in [0.29, 0.717) is 35.3 Å². The fraction of sp³-hybridized carbons (Fsp3) is 0.632. The van der Waals surface area contributed by atoms with Crippen molar-refractivity contribution >= 4 is 17.7 Å². The van der Waals surface area contributed by atoms with E-state index < -0.39 is 17.7 Å². The molecule has 0 N–H and O–H groups in total. The van der Waals surface area contributed by atoms with Crippen molar-refractivity contribution in [1.82, 2.24) is 4.57 Å². The molecular formula is C19H25NO5. The summed E-state index contributed by atoms with van der Waals surface area (Å²) >= 11 is 0. The number of carbonyl (C=O) groups is 3. The van der Waals surface area contributed by atoms with Gasteiger partial charge in [-0.3, -0.25) is 4.79 Å². The SMILES string of the molecule is CCOC(=O)C(=O)c1c(C)c(C(=O)OCCC(C)C)n2c1C[C@H]1C[C@H]12. The predicted octanol–water partition coefficient (Wildman–Crippen LogP) is 2.86. The normalized spacial score (nSPS) is 20.2.